The molecule has 0 aromatic heterocycles. The Morgan fingerprint density at radius 1 is 1.00 bits per heavy atom. The summed E-state index contributed by atoms with van der Waals surface area (Å²) in [4.78, 5) is 0. The van der Waals surface area contributed by atoms with E-state index >= 15 is 0 Å². The predicted molar refractivity (Wildman–Crippen MR) is 89.2 cm³/mol. The molecule has 0 aromatic rings. The van der Waals surface area contributed by atoms with Crippen LogP contribution in [0.1, 0.15) is 52.9 Å². The van der Waals surface area contributed by atoms with E-state index in [2.05, 4.69) is 30.6 Å². The Morgan fingerprint density at radius 3 is 2.33 bits per heavy atom. The molecule has 0 amide bonds. The summed E-state index contributed by atoms with van der Waals surface area (Å²) in [6.07, 6.45) is 8.83. The van der Waals surface area contributed by atoms with Gasteiger partial charge in [0.25, 0.3) is 0 Å². The molecule has 4 heteroatoms. The molecule has 0 radical (unpaired) electrons. The van der Waals surface area contributed by atoms with E-state index in [9.17, 15) is 4.57 Å². The first-order valence-electron chi connectivity index (χ1n) is 7.65. The lowest BCUT2D eigenvalue weighted by Crippen LogP contribution is -1.98. The van der Waals surface area contributed by atoms with Gasteiger partial charge in [-0.2, -0.15) is 0 Å². The number of hydrogen-bond acceptors (Lipinski definition) is 3. The quantitative estimate of drug-likeness (QED) is 0.349. The third kappa shape index (κ3) is 12.5. The third-order valence-electron chi connectivity index (χ3n) is 2.49. The summed E-state index contributed by atoms with van der Waals surface area (Å²) in [5.74, 6) is 12.0. The van der Waals surface area contributed by atoms with Gasteiger partial charge in [0.1, 0.15) is 0 Å². The van der Waals surface area contributed by atoms with Crippen LogP contribution in [0.25, 0.3) is 0 Å². The monoisotopic (exact) mass is 310 g/mol. The van der Waals surface area contributed by atoms with E-state index in [0.29, 0.717) is 19.6 Å². The van der Waals surface area contributed by atoms with Crippen LogP contribution in [0.2, 0.25) is 0 Å². The average Bonchev–Trinajstić information content (AvgIpc) is 2.45. The fourth-order valence-corrected chi connectivity index (χ4v) is 2.98. The van der Waals surface area contributed by atoms with Crippen molar-refractivity contribution in [3.05, 3.63) is 12.2 Å². The number of unbranched alkanes of at least 4 members (excludes halogenated alkanes) is 3. The molecule has 0 saturated heterocycles. The lowest BCUT2D eigenvalue weighted by molar-refractivity contribution is 0.222. The maximum absolute atomic E-state index is 12.1. The van der Waals surface area contributed by atoms with Crippen LogP contribution in [-0.2, 0) is 13.6 Å². The molecule has 0 bridgehead atoms. The Hall–Kier alpha value is -0.990. The van der Waals surface area contributed by atoms with Crippen LogP contribution >= 0.6 is 7.60 Å². The predicted octanol–water partition coefficient (Wildman–Crippen LogP) is 4.79. The first-order chi connectivity index (χ1) is 10.2. The third-order valence-corrected chi connectivity index (χ3v) is 4.45. The highest BCUT2D eigenvalue weighted by molar-refractivity contribution is 7.54. The second kappa shape index (κ2) is 14.0. The molecule has 0 aliphatic carbocycles. The average molecular weight is 310 g/mol. The summed E-state index contributed by atoms with van der Waals surface area (Å²) in [7, 11) is -2.98. The Kier molecular flexibility index (Phi) is 13.3. The van der Waals surface area contributed by atoms with Crippen LogP contribution in [0.5, 0.6) is 0 Å². The van der Waals surface area contributed by atoms with Gasteiger partial charge in [0.05, 0.1) is 25.8 Å². The fourth-order valence-electron chi connectivity index (χ4n) is 1.55. The second-order valence-corrected chi connectivity index (χ2v) is 6.44. The van der Waals surface area contributed by atoms with Gasteiger partial charge >= 0.3 is 7.60 Å². The van der Waals surface area contributed by atoms with Crippen molar-refractivity contribution in [2.75, 3.05) is 19.4 Å². The minimum Gasteiger partial charge on any atom is -0.309 e. The number of hydrogen-bond donors (Lipinski definition) is 0. The zero-order valence-electron chi connectivity index (χ0n) is 13.5. The normalized spacial score (nSPS) is 10.8. The van der Waals surface area contributed by atoms with Gasteiger partial charge < -0.3 is 9.05 Å². The molecule has 0 aliphatic heterocycles. The first-order valence-corrected chi connectivity index (χ1v) is 9.38. The Bertz CT molecular complexity index is 436. The molecule has 0 atom stereocenters. The van der Waals surface area contributed by atoms with Crippen LogP contribution in [-0.4, -0.2) is 19.4 Å². The van der Waals surface area contributed by atoms with E-state index in [1.165, 1.54) is 19.3 Å². The van der Waals surface area contributed by atoms with Gasteiger partial charge in [0.15, 0.2) is 0 Å². The zero-order valence-corrected chi connectivity index (χ0v) is 14.4. The maximum atomic E-state index is 12.1. The Labute approximate surface area is 130 Å². The first kappa shape index (κ1) is 20.0. The molecule has 118 valence electrons. The van der Waals surface area contributed by atoms with Gasteiger partial charge in [-0.1, -0.05) is 43.6 Å². The highest BCUT2D eigenvalue weighted by Gasteiger charge is 2.20. The summed E-state index contributed by atoms with van der Waals surface area (Å²) >= 11 is 0. The van der Waals surface area contributed by atoms with Crippen molar-refractivity contribution >= 4 is 7.60 Å². The zero-order chi connectivity index (χ0) is 15.8. The molecule has 0 aliphatic rings. The summed E-state index contributed by atoms with van der Waals surface area (Å²) < 4.78 is 22.5. The summed E-state index contributed by atoms with van der Waals surface area (Å²) in [5.41, 5.74) is 0. The van der Waals surface area contributed by atoms with E-state index in [1.807, 2.05) is 0 Å². The molecule has 0 unspecified atom stereocenters. The van der Waals surface area contributed by atoms with Gasteiger partial charge in [-0.15, -0.1) is 5.92 Å². The lowest BCUT2D eigenvalue weighted by Gasteiger charge is -2.14. The number of rotatable bonds is 9. The second-order valence-electron chi connectivity index (χ2n) is 4.34. The SMILES string of the molecule is CCCCCC#CCC#C/C=C/CP(=O)(OCC)OCC. The van der Waals surface area contributed by atoms with Crippen LogP contribution in [0.3, 0.4) is 0 Å². The van der Waals surface area contributed by atoms with Crippen molar-refractivity contribution in [2.45, 2.75) is 52.9 Å². The van der Waals surface area contributed by atoms with Gasteiger partial charge in [0.2, 0.25) is 0 Å². The standard InChI is InChI=1S/C17H27O3P/c1-4-7-8-9-10-11-12-13-14-15-16-17-21(18,19-5-2)20-6-3/h15-16H,4-9,12,17H2,1-3H3/b16-15+. The minimum atomic E-state index is -2.98. The largest absolute Gasteiger partial charge is 0.334 e. The maximum Gasteiger partial charge on any atom is 0.334 e. The summed E-state index contributed by atoms with van der Waals surface area (Å²) in [6, 6.07) is 0. The molecular formula is C17H27O3P. The number of allylic oxidation sites excluding steroid dienone is 2. The minimum absolute atomic E-state index is 0.256. The molecule has 0 heterocycles. The molecule has 0 fully saturated rings. The van der Waals surface area contributed by atoms with Crippen molar-refractivity contribution in [1.82, 2.24) is 0 Å². The van der Waals surface area contributed by atoms with Crippen molar-refractivity contribution in [3.63, 3.8) is 0 Å². The van der Waals surface area contributed by atoms with Crippen molar-refractivity contribution < 1.29 is 13.6 Å². The van der Waals surface area contributed by atoms with Crippen molar-refractivity contribution in [3.8, 4) is 23.7 Å². The van der Waals surface area contributed by atoms with Crippen molar-refractivity contribution in [2.24, 2.45) is 0 Å². The highest BCUT2D eigenvalue weighted by atomic mass is 31.2. The van der Waals surface area contributed by atoms with E-state index in [4.69, 9.17) is 9.05 Å². The van der Waals surface area contributed by atoms with E-state index in [0.717, 1.165) is 6.42 Å². The topological polar surface area (TPSA) is 35.5 Å². The van der Waals surface area contributed by atoms with Crippen LogP contribution < -0.4 is 0 Å². The summed E-state index contributed by atoms with van der Waals surface area (Å²) in [6.45, 7) is 6.54. The molecule has 21 heavy (non-hydrogen) atoms. The van der Waals surface area contributed by atoms with Crippen LogP contribution in [0.15, 0.2) is 12.2 Å². The molecule has 0 saturated carbocycles. The lowest BCUT2D eigenvalue weighted by atomic mass is 10.2. The Morgan fingerprint density at radius 2 is 1.71 bits per heavy atom. The molecule has 0 N–H and O–H groups in total. The van der Waals surface area contributed by atoms with E-state index in [1.54, 1.807) is 26.0 Å². The van der Waals surface area contributed by atoms with Gasteiger partial charge in [-0.3, -0.25) is 4.57 Å². The van der Waals surface area contributed by atoms with Gasteiger partial charge in [-0.25, -0.2) is 0 Å². The fraction of sp³-hybridized carbons (Fsp3) is 0.647. The van der Waals surface area contributed by atoms with Crippen molar-refractivity contribution in [1.29, 1.82) is 0 Å². The van der Waals surface area contributed by atoms with Gasteiger partial charge in [0, 0.05) is 6.42 Å². The van der Waals surface area contributed by atoms with Gasteiger partial charge in [-0.05, 0) is 26.3 Å². The molecular weight excluding hydrogens is 283 g/mol. The van der Waals surface area contributed by atoms with E-state index < -0.39 is 7.60 Å². The molecule has 0 rings (SSSR count). The molecule has 3 nitrogen and oxygen atoms in total. The highest BCUT2D eigenvalue weighted by Crippen LogP contribution is 2.47. The Balaban J connectivity index is 4.00. The summed E-state index contributed by atoms with van der Waals surface area (Å²) in [5, 5.41) is 0. The molecule has 0 aromatic carbocycles. The smallest absolute Gasteiger partial charge is 0.309 e. The molecule has 0 spiro atoms. The van der Waals surface area contributed by atoms with Crippen LogP contribution in [0, 0.1) is 23.7 Å². The van der Waals surface area contributed by atoms with Crippen LogP contribution in [0.4, 0.5) is 0 Å². The van der Waals surface area contributed by atoms with E-state index in [-0.39, 0.29) is 6.16 Å².